The largest absolute Gasteiger partial charge is 0.450 e. The fourth-order valence-electron chi connectivity index (χ4n) is 2.71. The molecule has 152 valence electrons. The molecule has 0 bridgehead atoms. The lowest BCUT2D eigenvalue weighted by Crippen LogP contribution is -2.12. The summed E-state index contributed by atoms with van der Waals surface area (Å²) in [6.45, 7) is 4.14. The van der Waals surface area contributed by atoms with E-state index >= 15 is 0 Å². The van der Waals surface area contributed by atoms with Crippen LogP contribution < -0.4 is 4.74 Å². The second kappa shape index (κ2) is 15.1. The molecule has 0 saturated carbocycles. The van der Waals surface area contributed by atoms with Crippen LogP contribution >= 0.6 is 0 Å². The molecule has 0 atom stereocenters. The van der Waals surface area contributed by atoms with Crippen LogP contribution in [0.15, 0.2) is 29.4 Å². The summed E-state index contributed by atoms with van der Waals surface area (Å²) in [5.41, 5.74) is 0. The molecule has 1 heterocycles. The third-order valence-corrected chi connectivity index (χ3v) is 4.32. The predicted octanol–water partition coefficient (Wildman–Crippen LogP) is 6.83. The first-order chi connectivity index (χ1) is 13.2. The van der Waals surface area contributed by atoms with Gasteiger partial charge < -0.3 is 14.7 Å². The van der Waals surface area contributed by atoms with Crippen molar-refractivity contribution in [3.05, 3.63) is 24.3 Å². The van der Waals surface area contributed by atoms with E-state index < -0.39 is 0 Å². The lowest BCUT2D eigenvalue weighted by Gasteiger charge is -2.05. The minimum atomic E-state index is -0.309. The van der Waals surface area contributed by atoms with Gasteiger partial charge in [0.25, 0.3) is 0 Å². The van der Waals surface area contributed by atoms with Crippen molar-refractivity contribution in [3.63, 3.8) is 0 Å². The average molecular weight is 378 g/mol. The molecule has 0 saturated heterocycles. The minimum Gasteiger partial charge on any atom is -0.450 e. The van der Waals surface area contributed by atoms with Crippen molar-refractivity contribution in [3.8, 4) is 11.5 Å². The molecule has 0 radical (unpaired) electrons. The highest BCUT2D eigenvalue weighted by molar-refractivity contribution is 5.88. The Labute approximate surface area is 163 Å². The summed E-state index contributed by atoms with van der Waals surface area (Å²) in [5.74, 6) is 1.91. The topological polar surface area (TPSA) is 71.4 Å². The molecule has 1 aliphatic heterocycles. The molecule has 1 N–H and O–H groups in total. The van der Waals surface area contributed by atoms with Crippen molar-refractivity contribution in [2.45, 2.75) is 90.9 Å². The van der Waals surface area contributed by atoms with Crippen LogP contribution in [0.2, 0.25) is 0 Å². The smallest absolute Gasteiger partial charge is 0.312 e. The lowest BCUT2D eigenvalue weighted by atomic mass is 10.1. The normalized spacial score (nSPS) is 11.7. The zero-order valence-electron chi connectivity index (χ0n) is 16.9. The van der Waals surface area contributed by atoms with Gasteiger partial charge in [0, 0.05) is 12.8 Å². The summed E-state index contributed by atoms with van der Waals surface area (Å²) in [5, 5.41) is 11.8. The van der Waals surface area contributed by atoms with Gasteiger partial charge in [0.2, 0.25) is 5.90 Å². The Morgan fingerprint density at radius 3 is 1.93 bits per heavy atom. The van der Waals surface area contributed by atoms with E-state index in [1.165, 1.54) is 44.9 Å². The van der Waals surface area contributed by atoms with Crippen molar-refractivity contribution in [2.24, 2.45) is 5.16 Å². The van der Waals surface area contributed by atoms with Gasteiger partial charge in [0.1, 0.15) is 0 Å². The molecular formula is C22H35NO4. The fourth-order valence-corrected chi connectivity index (χ4v) is 2.71. The molecule has 0 amide bonds. The number of carbonyl (C=O) groups excluding carboxylic acids is 1. The number of ether oxygens (including phenoxy) is 2. The van der Waals surface area contributed by atoms with Crippen LogP contribution in [0.25, 0.3) is 0 Å². The SMILES string of the molecule is CCCCCCCCCCCC(=NO)OC(=O)CCC.c1ccc2c(c1)O2. The van der Waals surface area contributed by atoms with E-state index in [9.17, 15) is 4.79 Å². The number of hydrogen-bond donors (Lipinski definition) is 1. The van der Waals surface area contributed by atoms with E-state index in [0.717, 1.165) is 30.8 Å². The molecule has 0 unspecified atom stereocenters. The molecule has 0 fully saturated rings. The van der Waals surface area contributed by atoms with E-state index in [4.69, 9.17) is 14.7 Å². The highest BCUT2D eigenvalue weighted by Gasteiger charge is 2.15. The lowest BCUT2D eigenvalue weighted by molar-refractivity contribution is -0.135. The number of rotatable bonds is 12. The first kappa shape index (κ1) is 23.0. The van der Waals surface area contributed by atoms with Gasteiger partial charge in [-0.05, 0) is 25.0 Å². The number of esters is 1. The minimum absolute atomic E-state index is 0.159. The van der Waals surface area contributed by atoms with Crippen molar-refractivity contribution in [1.29, 1.82) is 0 Å². The average Bonchev–Trinajstić information content (AvgIpc) is 3.46. The Hall–Kier alpha value is -2.04. The zero-order valence-corrected chi connectivity index (χ0v) is 16.9. The van der Waals surface area contributed by atoms with Gasteiger partial charge >= 0.3 is 5.97 Å². The monoisotopic (exact) mass is 377 g/mol. The van der Waals surface area contributed by atoms with E-state index in [1.54, 1.807) is 0 Å². The summed E-state index contributed by atoms with van der Waals surface area (Å²) in [4.78, 5) is 11.3. The first-order valence-corrected chi connectivity index (χ1v) is 10.4. The number of nitrogens with zero attached hydrogens (tertiary/aromatic N) is 1. The highest BCUT2D eigenvalue weighted by Crippen LogP contribution is 2.43. The molecule has 5 nitrogen and oxygen atoms in total. The fraction of sp³-hybridized carbons (Fsp3) is 0.636. The third kappa shape index (κ3) is 12.1. The number of para-hydroxylation sites is 2. The standard InChI is InChI=1S/C16H31NO3.C6H4O/c1-3-5-6-7-8-9-10-11-12-14-15(17-19)20-16(18)13-4-2;1-2-4-6-5(3-1)7-6/h19H,3-14H2,1-2H3;1-4H. The maximum atomic E-state index is 11.3. The quantitative estimate of drug-likeness (QED) is 0.0836. The van der Waals surface area contributed by atoms with Crippen LogP contribution in [0.1, 0.15) is 90.9 Å². The maximum absolute atomic E-state index is 11.3. The maximum Gasteiger partial charge on any atom is 0.312 e. The summed E-state index contributed by atoms with van der Waals surface area (Å²) in [6.07, 6.45) is 12.8. The van der Waals surface area contributed by atoms with Crippen molar-refractivity contribution >= 4 is 11.9 Å². The number of carbonyl (C=O) groups is 1. The summed E-state index contributed by atoms with van der Waals surface area (Å²) in [7, 11) is 0. The Bertz CT molecular complexity index is 536. The van der Waals surface area contributed by atoms with Gasteiger partial charge in [-0.25, -0.2) is 0 Å². The van der Waals surface area contributed by atoms with Gasteiger partial charge in [0.15, 0.2) is 11.5 Å². The summed E-state index contributed by atoms with van der Waals surface area (Å²) in [6, 6.07) is 7.84. The number of fused-ring (bicyclic) bond motifs is 1. The molecule has 0 aliphatic carbocycles. The molecule has 1 aromatic carbocycles. The van der Waals surface area contributed by atoms with Crippen LogP contribution in [0, 0.1) is 0 Å². The Morgan fingerprint density at radius 2 is 1.44 bits per heavy atom. The van der Waals surface area contributed by atoms with Crippen LogP contribution in [0.5, 0.6) is 11.5 Å². The molecule has 27 heavy (non-hydrogen) atoms. The molecule has 1 aliphatic rings. The predicted molar refractivity (Wildman–Crippen MR) is 109 cm³/mol. The number of oxime groups is 1. The van der Waals surface area contributed by atoms with E-state index in [1.807, 2.05) is 31.2 Å². The van der Waals surface area contributed by atoms with Gasteiger partial charge in [-0.15, -0.1) is 0 Å². The summed E-state index contributed by atoms with van der Waals surface area (Å²) < 4.78 is 9.91. The molecule has 1 aromatic rings. The zero-order chi connectivity index (χ0) is 19.7. The van der Waals surface area contributed by atoms with Crippen LogP contribution in [0.4, 0.5) is 0 Å². The van der Waals surface area contributed by atoms with Crippen LogP contribution in [-0.2, 0) is 9.53 Å². The number of hydrogen-bond acceptors (Lipinski definition) is 5. The van der Waals surface area contributed by atoms with Gasteiger partial charge in [-0.1, -0.05) is 82.5 Å². The first-order valence-electron chi connectivity index (χ1n) is 10.4. The van der Waals surface area contributed by atoms with Crippen molar-refractivity contribution in [2.75, 3.05) is 0 Å². The third-order valence-electron chi connectivity index (χ3n) is 4.32. The Morgan fingerprint density at radius 1 is 0.889 bits per heavy atom. The Balaban J connectivity index is 0.000000420. The van der Waals surface area contributed by atoms with Gasteiger partial charge in [-0.3, -0.25) is 4.79 Å². The van der Waals surface area contributed by atoms with Crippen LogP contribution in [-0.4, -0.2) is 17.1 Å². The second-order valence-electron chi connectivity index (χ2n) is 6.85. The van der Waals surface area contributed by atoms with Crippen molar-refractivity contribution in [1.82, 2.24) is 0 Å². The molecule has 0 aromatic heterocycles. The summed E-state index contributed by atoms with van der Waals surface area (Å²) >= 11 is 0. The van der Waals surface area contributed by atoms with Crippen molar-refractivity contribution < 1.29 is 19.5 Å². The van der Waals surface area contributed by atoms with Crippen LogP contribution in [0.3, 0.4) is 0 Å². The number of unbranched alkanes of at least 4 members (excludes halogenated alkanes) is 8. The molecule has 0 spiro atoms. The van der Waals surface area contributed by atoms with E-state index in [2.05, 4.69) is 12.1 Å². The molecule has 2 rings (SSSR count). The Kier molecular flexibility index (Phi) is 12.8. The molecule has 5 heteroatoms. The highest BCUT2D eigenvalue weighted by atomic mass is 16.6. The van der Waals surface area contributed by atoms with Gasteiger partial charge in [-0.2, -0.15) is 0 Å². The van der Waals surface area contributed by atoms with E-state index in [0.29, 0.717) is 12.8 Å². The molecular weight excluding hydrogens is 342 g/mol. The second-order valence-corrected chi connectivity index (χ2v) is 6.85. The van der Waals surface area contributed by atoms with Gasteiger partial charge in [0.05, 0.1) is 0 Å². The van der Waals surface area contributed by atoms with E-state index in [-0.39, 0.29) is 11.9 Å². The number of benzene rings is 1.